The Labute approximate surface area is 84.0 Å². The van der Waals surface area contributed by atoms with Gasteiger partial charge in [0.25, 0.3) is 0 Å². The second-order valence-corrected chi connectivity index (χ2v) is 1.15. The molecule has 0 fully saturated rings. The van der Waals surface area contributed by atoms with Crippen LogP contribution >= 0.6 is 0 Å². The van der Waals surface area contributed by atoms with Gasteiger partial charge in [0.15, 0.2) is 0 Å². The molecule has 0 aliphatic heterocycles. The van der Waals surface area contributed by atoms with Crippen molar-refractivity contribution < 1.29 is 24.8 Å². The van der Waals surface area contributed by atoms with E-state index >= 15 is 0 Å². The summed E-state index contributed by atoms with van der Waals surface area (Å²) in [5, 5.41) is 0. The molecule has 0 aromatic heterocycles. The molecular formula is C6H6Cl2Mg. The van der Waals surface area contributed by atoms with E-state index in [1.54, 1.807) is 0 Å². The average Bonchev–Trinajstić information content (AvgIpc) is 1.72. The van der Waals surface area contributed by atoms with Crippen molar-refractivity contribution in [1.29, 1.82) is 0 Å². The Kier molecular flexibility index (Phi) is 20.6. The molecule has 0 heterocycles. The summed E-state index contributed by atoms with van der Waals surface area (Å²) in [5.41, 5.74) is 0. The van der Waals surface area contributed by atoms with Gasteiger partial charge in [-0.05, 0) is 0 Å². The molecule has 0 nitrogen and oxygen atoms in total. The van der Waals surface area contributed by atoms with Crippen LogP contribution in [0.1, 0.15) is 0 Å². The van der Waals surface area contributed by atoms with Crippen molar-refractivity contribution in [2.75, 3.05) is 0 Å². The van der Waals surface area contributed by atoms with Crippen LogP contribution in [0.5, 0.6) is 0 Å². The van der Waals surface area contributed by atoms with E-state index in [1.165, 1.54) is 0 Å². The van der Waals surface area contributed by atoms with Crippen LogP contribution in [0.25, 0.3) is 0 Å². The molecule has 46 valence electrons. The standard InChI is InChI=1S/C6H6.2ClH.Mg/c1-2-4-6-5-3-1;;;/h1-6H;2*1H;/q;;;+2/p-2. The fraction of sp³-hybridized carbons (Fsp3) is 0. The van der Waals surface area contributed by atoms with Gasteiger partial charge in [0.05, 0.1) is 0 Å². The Morgan fingerprint density at radius 3 is 0.667 bits per heavy atom. The van der Waals surface area contributed by atoms with Gasteiger partial charge in [0, 0.05) is 0 Å². The quantitative estimate of drug-likeness (QED) is 0.346. The Bertz CT molecular complexity index is 83.0. The van der Waals surface area contributed by atoms with Crippen LogP contribution in [-0.2, 0) is 0 Å². The van der Waals surface area contributed by atoms with Crippen LogP contribution in [0.2, 0.25) is 0 Å². The molecule has 0 saturated heterocycles. The van der Waals surface area contributed by atoms with Crippen LogP contribution < -0.4 is 24.8 Å². The van der Waals surface area contributed by atoms with E-state index in [0.29, 0.717) is 0 Å². The van der Waals surface area contributed by atoms with Gasteiger partial charge in [-0.3, -0.25) is 0 Å². The van der Waals surface area contributed by atoms with Crippen molar-refractivity contribution in [2.45, 2.75) is 0 Å². The van der Waals surface area contributed by atoms with Crippen LogP contribution in [0.4, 0.5) is 0 Å². The van der Waals surface area contributed by atoms with Gasteiger partial charge in [-0.1, -0.05) is 36.4 Å². The number of halogens is 2. The van der Waals surface area contributed by atoms with Crippen molar-refractivity contribution in [3.8, 4) is 0 Å². The average molecular weight is 173 g/mol. The SMILES string of the molecule is [Cl-].[Cl-].[Mg+2].c1ccccc1. The molecule has 3 heteroatoms. The summed E-state index contributed by atoms with van der Waals surface area (Å²) in [5.74, 6) is 0. The summed E-state index contributed by atoms with van der Waals surface area (Å²) in [4.78, 5) is 0. The maximum absolute atomic E-state index is 2.00. The summed E-state index contributed by atoms with van der Waals surface area (Å²) in [7, 11) is 0. The molecule has 0 aliphatic rings. The molecule has 0 spiro atoms. The van der Waals surface area contributed by atoms with Crippen LogP contribution in [0.3, 0.4) is 0 Å². The van der Waals surface area contributed by atoms with Gasteiger partial charge < -0.3 is 24.8 Å². The van der Waals surface area contributed by atoms with E-state index in [4.69, 9.17) is 0 Å². The Balaban J connectivity index is -0.000000120. The molecule has 0 bridgehead atoms. The molecule has 1 aromatic rings. The van der Waals surface area contributed by atoms with Gasteiger partial charge in [-0.15, -0.1) is 0 Å². The smallest absolute Gasteiger partial charge is 1.00 e. The topological polar surface area (TPSA) is 0 Å². The zero-order valence-corrected chi connectivity index (χ0v) is 7.85. The van der Waals surface area contributed by atoms with E-state index < -0.39 is 0 Å². The molecule has 0 saturated carbocycles. The first-order valence-electron chi connectivity index (χ1n) is 2.00. The summed E-state index contributed by atoms with van der Waals surface area (Å²) < 4.78 is 0. The molecule has 1 aromatic carbocycles. The summed E-state index contributed by atoms with van der Waals surface area (Å²) in [6.07, 6.45) is 0. The van der Waals surface area contributed by atoms with E-state index in [2.05, 4.69) is 0 Å². The van der Waals surface area contributed by atoms with Crippen molar-refractivity contribution >= 4 is 23.1 Å². The van der Waals surface area contributed by atoms with E-state index in [0.717, 1.165) is 0 Å². The maximum Gasteiger partial charge on any atom is 2.00 e. The van der Waals surface area contributed by atoms with Crippen molar-refractivity contribution in [1.82, 2.24) is 0 Å². The van der Waals surface area contributed by atoms with E-state index in [-0.39, 0.29) is 47.9 Å². The zero-order valence-electron chi connectivity index (χ0n) is 4.93. The van der Waals surface area contributed by atoms with E-state index in [9.17, 15) is 0 Å². The Morgan fingerprint density at radius 1 is 0.444 bits per heavy atom. The predicted molar refractivity (Wildman–Crippen MR) is 32.2 cm³/mol. The molecule has 0 atom stereocenters. The summed E-state index contributed by atoms with van der Waals surface area (Å²) >= 11 is 0. The minimum Gasteiger partial charge on any atom is -1.00 e. The first-order valence-corrected chi connectivity index (χ1v) is 2.00. The second kappa shape index (κ2) is 11.4. The molecule has 0 radical (unpaired) electrons. The second-order valence-electron chi connectivity index (χ2n) is 1.15. The Hall–Kier alpha value is 0.566. The molecule has 1 rings (SSSR count). The number of hydrogen-bond donors (Lipinski definition) is 0. The number of hydrogen-bond acceptors (Lipinski definition) is 0. The third-order valence-corrected chi connectivity index (χ3v) is 0.667. The fourth-order valence-corrected chi connectivity index (χ4v) is 0.385. The van der Waals surface area contributed by atoms with Gasteiger partial charge in [0.1, 0.15) is 0 Å². The number of rotatable bonds is 0. The Morgan fingerprint density at radius 2 is 0.556 bits per heavy atom. The molecule has 0 aliphatic carbocycles. The third kappa shape index (κ3) is 8.57. The van der Waals surface area contributed by atoms with Gasteiger partial charge >= 0.3 is 23.1 Å². The van der Waals surface area contributed by atoms with Crippen molar-refractivity contribution in [2.24, 2.45) is 0 Å². The first-order chi connectivity index (χ1) is 3.00. The van der Waals surface area contributed by atoms with Crippen LogP contribution in [-0.4, -0.2) is 23.1 Å². The van der Waals surface area contributed by atoms with Crippen molar-refractivity contribution in [3.05, 3.63) is 36.4 Å². The van der Waals surface area contributed by atoms with Gasteiger partial charge in [-0.2, -0.15) is 0 Å². The third-order valence-electron chi connectivity index (χ3n) is 0.667. The van der Waals surface area contributed by atoms with Crippen LogP contribution in [0.15, 0.2) is 36.4 Å². The minimum atomic E-state index is 0. The first kappa shape index (κ1) is 16.3. The molecule has 9 heavy (non-hydrogen) atoms. The molecular weight excluding hydrogens is 167 g/mol. The normalized spacial score (nSPS) is 5.33. The zero-order chi connectivity index (χ0) is 4.24. The molecule has 0 unspecified atom stereocenters. The van der Waals surface area contributed by atoms with Gasteiger partial charge in [0.2, 0.25) is 0 Å². The summed E-state index contributed by atoms with van der Waals surface area (Å²) in [6, 6.07) is 12.0. The minimum absolute atomic E-state index is 0. The molecule has 0 amide bonds. The molecule has 0 N–H and O–H groups in total. The monoisotopic (exact) mass is 172 g/mol. The van der Waals surface area contributed by atoms with Gasteiger partial charge in [-0.25, -0.2) is 0 Å². The predicted octanol–water partition coefficient (Wildman–Crippen LogP) is -4.69. The maximum atomic E-state index is 2.00. The fourth-order valence-electron chi connectivity index (χ4n) is 0.385. The van der Waals surface area contributed by atoms with E-state index in [1.807, 2.05) is 36.4 Å². The number of benzene rings is 1. The largest absolute Gasteiger partial charge is 2.00 e. The summed E-state index contributed by atoms with van der Waals surface area (Å²) in [6.45, 7) is 0. The van der Waals surface area contributed by atoms with Crippen LogP contribution in [0, 0.1) is 0 Å². The van der Waals surface area contributed by atoms with Crippen molar-refractivity contribution in [3.63, 3.8) is 0 Å².